The van der Waals surface area contributed by atoms with Crippen molar-refractivity contribution in [1.82, 2.24) is 9.97 Å². The van der Waals surface area contributed by atoms with Crippen LogP contribution in [-0.4, -0.2) is 29.6 Å². The maximum atomic E-state index is 5.78. The van der Waals surface area contributed by atoms with E-state index in [2.05, 4.69) is 21.3 Å². The van der Waals surface area contributed by atoms with Gasteiger partial charge < -0.3 is 10.6 Å². The first-order valence-electron chi connectivity index (χ1n) is 6.69. The second-order valence-electron chi connectivity index (χ2n) is 4.91. The molecular weight excluding hydrogens is 256 g/mol. The van der Waals surface area contributed by atoms with Crippen molar-refractivity contribution in [3.05, 3.63) is 29.8 Å². The number of aromatic nitrogens is 2. The van der Waals surface area contributed by atoms with Gasteiger partial charge in [-0.15, -0.1) is 11.3 Å². The Morgan fingerprint density at radius 3 is 3.16 bits per heavy atom. The third kappa shape index (κ3) is 2.77. The van der Waals surface area contributed by atoms with Gasteiger partial charge in [-0.25, -0.2) is 9.97 Å². The molecule has 2 aromatic heterocycles. The lowest BCUT2D eigenvalue weighted by atomic mass is 9.99. The van der Waals surface area contributed by atoms with E-state index in [1.54, 1.807) is 11.3 Å². The molecule has 3 heterocycles. The summed E-state index contributed by atoms with van der Waals surface area (Å²) in [5.74, 6) is 1.41. The predicted octanol–water partition coefficient (Wildman–Crippen LogP) is 2.38. The fourth-order valence-corrected chi connectivity index (χ4v) is 3.20. The molecule has 3 rings (SSSR count). The molecule has 1 aliphatic rings. The fourth-order valence-electron chi connectivity index (χ4n) is 2.50. The highest BCUT2D eigenvalue weighted by Gasteiger charge is 2.20. The normalized spacial score (nSPS) is 19.6. The quantitative estimate of drug-likeness (QED) is 0.933. The highest BCUT2D eigenvalue weighted by Crippen LogP contribution is 2.25. The third-order valence-corrected chi connectivity index (χ3v) is 4.44. The Kier molecular flexibility index (Phi) is 3.75. The van der Waals surface area contributed by atoms with Crippen LogP contribution in [0.4, 0.5) is 5.95 Å². The molecule has 0 spiro atoms. The molecule has 19 heavy (non-hydrogen) atoms. The van der Waals surface area contributed by atoms with Crippen molar-refractivity contribution < 1.29 is 0 Å². The smallest absolute Gasteiger partial charge is 0.225 e. The van der Waals surface area contributed by atoms with Crippen LogP contribution in [0.5, 0.6) is 0 Å². The maximum absolute atomic E-state index is 5.78. The predicted molar refractivity (Wildman–Crippen MR) is 79.3 cm³/mol. The highest BCUT2D eigenvalue weighted by atomic mass is 32.1. The van der Waals surface area contributed by atoms with Crippen molar-refractivity contribution in [2.24, 2.45) is 11.7 Å². The van der Waals surface area contributed by atoms with Gasteiger partial charge in [-0.1, -0.05) is 6.07 Å². The molecule has 0 aromatic carbocycles. The lowest BCUT2D eigenvalue weighted by Gasteiger charge is -2.32. The number of piperidine rings is 1. The Balaban J connectivity index is 1.83. The van der Waals surface area contributed by atoms with E-state index in [9.17, 15) is 0 Å². The topological polar surface area (TPSA) is 55.0 Å². The van der Waals surface area contributed by atoms with E-state index in [0.717, 1.165) is 31.3 Å². The SMILES string of the molecule is NCC1CCCN(c2nccc(-c3cccs3)n2)C1. The first kappa shape index (κ1) is 12.6. The van der Waals surface area contributed by atoms with Gasteiger partial charge in [-0.2, -0.15) is 0 Å². The average Bonchev–Trinajstić information content (AvgIpc) is 3.02. The minimum atomic E-state index is 0.572. The van der Waals surface area contributed by atoms with Crippen molar-refractivity contribution in [3.8, 4) is 10.6 Å². The van der Waals surface area contributed by atoms with E-state index in [1.165, 1.54) is 17.7 Å². The van der Waals surface area contributed by atoms with E-state index in [4.69, 9.17) is 10.7 Å². The van der Waals surface area contributed by atoms with Crippen molar-refractivity contribution >= 4 is 17.3 Å². The molecule has 0 bridgehead atoms. The summed E-state index contributed by atoms with van der Waals surface area (Å²) in [5.41, 5.74) is 6.79. The van der Waals surface area contributed by atoms with Crippen LogP contribution in [0.1, 0.15) is 12.8 Å². The lowest BCUT2D eigenvalue weighted by Crippen LogP contribution is -2.39. The monoisotopic (exact) mass is 274 g/mol. The van der Waals surface area contributed by atoms with Crippen LogP contribution in [0.15, 0.2) is 29.8 Å². The third-order valence-electron chi connectivity index (χ3n) is 3.55. The Labute approximate surface area is 117 Å². The summed E-state index contributed by atoms with van der Waals surface area (Å²) in [5, 5.41) is 2.07. The molecule has 0 saturated carbocycles. The zero-order valence-corrected chi connectivity index (χ0v) is 11.6. The van der Waals surface area contributed by atoms with Crippen LogP contribution in [-0.2, 0) is 0 Å². The number of anilines is 1. The summed E-state index contributed by atoms with van der Waals surface area (Å²) in [6.07, 6.45) is 4.25. The molecule has 4 nitrogen and oxygen atoms in total. The highest BCUT2D eigenvalue weighted by molar-refractivity contribution is 7.13. The minimum absolute atomic E-state index is 0.572. The van der Waals surface area contributed by atoms with Gasteiger partial charge in [0.15, 0.2) is 0 Å². The molecule has 0 aliphatic carbocycles. The van der Waals surface area contributed by atoms with Gasteiger partial charge in [0.1, 0.15) is 0 Å². The van der Waals surface area contributed by atoms with Gasteiger partial charge in [-0.05, 0) is 42.8 Å². The number of rotatable bonds is 3. The summed E-state index contributed by atoms with van der Waals surface area (Å²) < 4.78 is 0. The van der Waals surface area contributed by atoms with Crippen LogP contribution in [0.25, 0.3) is 10.6 Å². The number of hydrogen-bond donors (Lipinski definition) is 1. The second-order valence-corrected chi connectivity index (χ2v) is 5.86. The molecule has 1 atom stereocenters. The number of nitrogens with two attached hydrogens (primary N) is 1. The largest absolute Gasteiger partial charge is 0.340 e. The zero-order chi connectivity index (χ0) is 13.1. The first-order valence-corrected chi connectivity index (χ1v) is 7.56. The molecule has 2 aromatic rings. The van der Waals surface area contributed by atoms with Crippen molar-refractivity contribution in [3.63, 3.8) is 0 Å². The second kappa shape index (κ2) is 5.67. The average molecular weight is 274 g/mol. The van der Waals surface area contributed by atoms with Crippen LogP contribution in [0, 0.1) is 5.92 Å². The maximum Gasteiger partial charge on any atom is 0.225 e. The van der Waals surface area contributed by atoms with Gasteiger partial charge in [0.05, 0.1) is 10.6 Å². The molecule has 5 heteroatoms. The lowest BCUT2D eigenvalue weighted by molar-refractivity contribution is 0.419. The molecule has 2 N–H and O–H groups in total. The minimum Gasteiger partial charge on any atom is -0.340 e. The van der Waals surface area contributed by atoms with Crippen molar-refractivity contribution in [2.45, 2.75) is 12.8 Å². The fraction of sp³-hybridized carbons (Fsp3) is 0.429. The van der Waals surface area contributed by atoms with Crippen LogP contribution in [0.3, 0.4) is 0 Å². The Morgan fingerprint density at radius 2 is 2.37 bits per heavy atom. The summed E-state index contributed by atoms with van der Waals surface area (Å²) in [6, 6.07) is 6.11. The Hall–Kier alpha value is -1.46. The molecule has 100 valence electrons. The van der Waals surface area contributed by atoms with Gasteiger partial charge >= 0.3 is 0 Å². The van der Waals surface area contributed by atoms with Gasteiger partial charge in [0.25, 0.3) is 0 Å². The van der Waals surface area contributed by atoms with Gasteiger partial charge in [0, 0.05) is 19.3 Å². The van der Waals surface area contributed by atoms with Gasteiger partial charge in [-0.3, -0.25) is 0 Å². The van der Waals surface area contributed by atoms with Crippen molar-refractivity contribution in [1.29, 1.82) is 0 Å². The van der Waals surface area contributed by atoms with Crippen LogP contribution < -0.4 is 10.6 Å². The molecule has 1 saturated heterocycles. The first-order chi connectivity index (χ1) is 9.36. The molecule has 0 radical (unpaired) electrons. The summed E-state index contributed by atoms with van der Waals surface area (Å²) in [4.78, 5) is 12.6. The summed E-state index contributed by atoms with van der Waals surface area (Å²) in [7, 11) is 0. The van der Waals surface area contributed by atoms with E-state index in [1.807, 2.05) is 18.3 Å². The summed E-state index contributed by atoms with van der Waals surface area (Å²) in [6.45, 7) is 2.76. The summed E-state index contributed by atoms with van der Waals surface area (Å²) >= 11 is 1.71. The van der Waals surface area contributed by atoms with E-state index in [-0.39, 0.29) is 0 Å². The number of nitrogens with zero attached hydrogens (tertiary/aromatic N) is 3. The Bertz CT molecular complexity index is 526. The molecule has 1 unspecified atom stereocenters. The van der Waals surface area contributed by atoms with E-state index < -0.39 is 0 Å². The van der Waals surface area contributed by atoms with Gasteiger partial charge in [0.2, 0.25) is 5.95 Å². The zero-order valence-electron chi connectivity index (χ0n) is 10.8. The number of thiophene rings is 1. The van der Waals surface area contributed by atoms with Crippen molar-refractivity contribution in [2.75, 3.05) is 24.5 Å². The number of hydrogen-bond acceptors (Lipinski definition) is 5. The van der Waals surface area contributed by atoms with Crippen LogP contribution >= 0.6 is 11.3 Å². The van der Waals surface area contributed by atoms with E-state index >= 15 is 0 Å². The van der Waals surface area contributed by atoms with E-state index in [0.29, 0.717) is 5.92 Å². The standard InChI is InChI=1S/C14H18N4S/c15-9-11-3-1-7-18(10-11)14-16-6-5-12(17-14)13-4-2-8-19-13/h2,4-6,8,11H,1,3,7,9-10,15H2. The Morgan fingerprint density at radius 1 is 1.42 bits per heavy atom. The van der Waals surface area contributed by atoms with Crippen LogP contribution in [0.2, 0.25) is 0 Å². The molecule has 1 aliphatic heterocycles. The molecular formula is C14H18N4S. The molecule has 0 amide bonds. The molecule has 1 fully saturated rings.